The highest BCUT2D eigenvalue weighted by Gasteiger charge is 2.73. The number of likely N-dealkylation sites (tertiary alicyclic amines) is 1. The van der Waals surface area contributed by atoms with Crippen molar-refractivity contribution in [1.82, 2.24) is 9.80 Å². The van der Waals surface area contributed by atoms with E-state index in [2.05, 4.69) is 29.2 Å². The fourth-order valence-electron chi connectivity index (χ4n) is 6.69. The largest absolute Gasteiger partial charge is 0.490 e. The molecular weight excluding hydrogens is 537 g/mol. The van der Waals surface area contributed by atoms with E-state index >= 15 is 0 Å². The maximum absolute atomic E-state index is 13.3. The molecule has 4 fully saturated rings. The number of carboxylic acid groups (broad SMARTS) is 1. The summed E-state index contributed by atoms with van der Waals surface area (Å²) >= 11 is 1.95. The topological polar surface area (TPSA) is 104 Å². The fraction of sp³-hybridized carbons (Fsp3) is 0.630. The highest BCUT2D eigenvalue weighted by molar-refractivity contribution is 8.00. The average Bonchev–Trinajstić information content (AvgIpc) is 3.53. The Morgan fingerprint density at radius 2 is 1.69 bits per heavy atom. The number of methoxy groups -OCH3 is 1. The third kappa shape index (κ3) is 5.29. The normalized spacial score (nSPS) is 29.1. The van der Waals surface area contributed by atoms with E-state index in [9.17, 15) is 27.6 Å². The molecule has 1 aromatic rings. The lowest BCUT2D eigenvalue weighted by Crippen LogP contribution is -2.54. The molecular formula is C27H33F3N2O6S. The first-order chi connectivity index (χ1) is 18.5. The highest BCUT2D eigenvalue weighted by Crippen LogP contribution is 2.59. The molecule has 1 saturated carbocycles. The summed E-state index contributed by atoms with van der Waals surface area (Å²) in [6.45, 7) is 2.85. The van der Waals surface area contributed by atoms with Gasteiger partial charge >= 0.3 is 18.1 Å². The first-order valence-corrected chi connectivity index (χ1v) is 14.1. The molecule has 0 bridgehead atoms. The molecule has 1 aromatic carbocycles. The summed E-state index contributed by atoms with van der Waals surface area (Å²) in [6.07, 6.45) is 2.82. The van der Waals surface area contributed by atoms with Crippen LogP contribution in [0, 0.1) is 11.8 Å². The van der Waals surface area contributed by atoms with Gasteiger partial charge in [-0.3, -0.25) is 24.2 Å². The van der Waals surface area contributed by atoms with Crippen molar-refractivity contribution in [1.29, 1.82) is 0 Å². The Bertz CT molecular complexity index is 1110. The molecule has 1 N–H and O–H groups in total. The minimum Gasteiger partial charge on any atom is -0.475 e. The Morgan fingerprint density at radius 1 is 1.08 bits per heavy atom. The Hall–Kier alpha value is -2.60. The van der Waals surface area contributed by atoms with E-state index in [1.807, 2.05) is 18.7 Å². The zero-order valence-electron chi connectivity index (χ0n) is 21.9. The predicted molar refractivity (Wildman–Crippen MR) is 136 cm³/mol. The number of carbonyl (C=O) groups excluding carboxylic acids is 3. The van der Waals surface area contributed by atoms with Crippen molar-refractivity contribution >= 4 is 35.5 Å². The van der Waals surface area contributed by atoms with Crippen LogP contribution in [-0.4, -0.2) is 75.8 Å². The second-order valence-corrected chi connectivity index (χ2v) is 11.7. The van der Waals surface area contributed by atoms with Crippen molar-refractivity contribution in [2.45, 2.75) is 79.8 Å². The molecule has 1 aliphatic carbocycles. The van der Waals surface area contributed by atoms with Crippen LogP contribution in [0.3, 0.4) is 0 Å². The van der Waals surface area contributed by atoms with E-state index in [1.54, 1.807) is 0 Å². The minimum atomic E-state index is -5.08. The summed E-state index contributed by atoms with van der Waals surface area (Å²) < 4.78 is 37.0. The van der Waals surface area contributed by atoms with Crippen molar-refractivity contribution < 1.29 is 42.2 Å². The number of hydrogen-bond acceptors (Lipinski definition) is 7. The zero-order valence-corrected chi connectivity index (χ0v) is 22.7. The number of hydrogen-bond donors (Lipinski definition) is 1. The second-order valence-electron chi connectivity index (χ2n) is 10.3. The smallest absolute Gasteiger partial charge is 0.475 e. The first kappa shape index (κ1) is 29.4. The molecule has 4 aliphatic rings. The maximum atomic E-state index is 13.3. The molecule has 5 rings (SSSR count). The van der Waals surface area contributed by atoms with Gasteiger partial charge in [-0.1, -0.05) is 31.4 Å². The van der Waals surface area contributed by atoms with E-state index in [-0.39, 0.29) is 23.8 Å². The van der Waals surface area contributed by atoms with Crippen LogP contribution in [0.25, 0.3) is 0 Å². The number of carbonyl (C=O) groups is 4. The third-order valence-electron chi connectivity index (χ3n) is 8.28. The van der Waals surface area contributed by atoms with Gasteiger partial charge in [-0.25, -0.2) is 4.79 Å². The van der Waals surface area contributed by atoms with Gasteiger partial charge in [0, 0.05) is 22.7 Å². The number of esters is 1. The highest BCUT2D eigenvalue weighted by atomic mass is 32.2. The van der Waals surface area contributed by atoms with Crippen molar-refractivity contribution in [2.75, 3.05) is 20.2 Å². The predicted octanol–water partition coefficient (Wildman–Crippen LogP) is 4.43. The van der Waals surface area contributed by atoms with E-state index < -0.39 is 29.5 Å². The third-order valence-corrected chi connectivity index (χ3v) is 9.63. The van der Waals surface area contributed by atoms with Crippen molar-refractivity contribution in [3.05, 3.63) is 29.8 Å². The lowest BCUT2D eigenvalue weighted by atomic mass is 9.77. The van der Waals surface area contributed by atoms with Crippen LogP contribution in [0.15, 0.2) is 29.2 Å². The van der Waals surface area contributed by atoms with Crippen LogP contribution in [0.2, 0.25) is 0 Å². The van der Waals surface area contributed by atoms with Crippen molar-refractivity contribution in [3.63, 3.8) is 0 Å². The number of rotatable bonds is 5. The molecule has 0 spiro atoms. The monoisotopic (exact) mass is 570 g/mol. The number of benzene rings is 1. The van der Waals surface area contributed by atoms with Crippen LogP contribution in [-0.2, 0) is 23.9 Å². The summed E-state index contributed by atoms with van der Waals surface area (Å²) in [6, 6.07) is 8.23. The van der Waals surface area contributed by atoms with Gasteiger partial charge in [0.05, 0.1) is 18.9 Å². The molecule has 0 aromatic heterocycles. The van der Waals surface area contributed by atoms with Gasteiger partial charge in [-0.15, -0.1) is 11.8 Å². The van der Waals surface area contributed by atoms with E-state index in [0.29, 0.717) is 24.8 Å². The molecule has 3 heterocycles. The molecule has 12 heteroatoms. The number of ether oxygens (including phenoxy) is 1. The van der Waals surface area contributed by atoms with E-state index in [1.165, 1.54) is 49.0 Å². The van der Waals surface area contributed by atoms with Gasteiger partial charge in [0.25, 0.3) is 0 Å². The zero-order chi connectivity index (χ0) is 28.5. The number of imide groups is 1. The summed E-state index contributed by atoms with van der Waals surface area (Å²) in [7, 11) is 1.38. The second kappa shape index (κ2) is 11.5. The van der Waals surface area contributed by atoms with Crippen LogP contribution >= 0.6 is 11.8 Å². The lowest BCUT2D eigenvalue weighted by molar-refractivity contribution is -0.192. The minimum absolute atomic E-state index is 0.147. The van der Waals surface area contributed by atoms with Crippen LogP contribution in [0.4, 0.5) is 13.2 Å². The quantitative estimate of drug-likeness (QED) is 0.410. The standard InChI is InChI=1S/C25H32N2O4S.C2HF3O2/c1-3-26-22(28)19-20(23(26)29)25(24(30)31-2)14-7-15-27(25)21(19)16-10-12-18(13-11-16)32-17-8-5-4-6-9-17;3-2(4,5)1(6)7/h10-13,17,19-21H,3-9,14-15H2,1-2H3;(H,6,7)/t19-,20-,21+,25-;/m0./s1. The Balaban J connectivity index is 0.000000448. The Morgan fingerprint density at radius 3 is 2.23 bits per heavy atom. The Kier molecular flexibility index (Phi) is 8.65. The summed E-state index contributed by atoms with van der Waals surface area (Å²) in [4.78, 5) is 53.4. The number of thioether (sulfide) groups is 1. The maximum Gasteiger partial charge on any atom is 0.490 e. The number of halogens is 3. The number of aliphatic carboxylic acids is 1. The summed E-state index contributed by atoms with van der Waals surface area (Å²) in [5, 5.41) is 7.81. The molecule has 4 atom stereocenters. The summed E-state index contributed by atoms with van der Waals surface area (Å²) in [5.74, 6) is -4.69. The summed E-state index contributed by atoms with van der Waals surface area (Å²) in [5.41, 5.74) is -0.0178. The Labute approximate surface area is 229 Å². The first-order valence-electron chi connectivity index (χ1n) is 13.2. The van der Waals surface area contributed by atoms with E-state index in [4.69, 9.17) is 14.6 Å². The van der Waals surface area contributed by atoms with Crippen molar-refractivity contribution in [3.8, 4) is 0 Å². The number of alkyl halides is 3. The fourth-order valence-corrected chi connectivity index (χ4v) is 7.94. The molecule has 2 amide bonds. The average molecular weight is 571 g/mol. The molecule has 0 radical (unpaired) electrons. The molecule has 0 unspecified atom stereocenters. The van der Waals surface area contributed by atoms with Gasteiger partial charge in [-0.2, -0.15) is 13.2 Å². The number of nitrogens with zero attached hydrogens (tertiary/aromatic N) is 2. The van der Waals surface area contributed by atoms with Gasteiger partial charge in [0.2, 0.25) is 11.8 Å². The number of fused-ring (bicyclic) bond motifs is 3. The molecule has 3 saturated heterocycles. The van der Waals surface area contributed by atoms with Gasteiger partial charge in [-0.05, 0) is 56.8 Å². The van der Waals surface area contributed by atoms with E-state index in [0.717, 1.165) is 12.0 Å². The number of carboxylic acids is 1. The van der Waals surface area contributed by atoms with Gasteiger partial charge < -0.3 is 9.84 Å². The van der Waals surface area contributed by atoms with Crippen LogP contribution in [0.1, 0.15) is 63.5 Å². The SMILES string of the molecule is CCN1C(=O)[C@@H]2[C@@H](c3ccc(SC4CCCCC4)cc3)N3CCC[C@@]3(C(=O)OC)[C@@H]2C1=O.O=C(O)C(F)(F)F. The molecule has 214 valence electrons. The van der Waals surface area contributed by atoms with Gasteiger partial charge in [0.1, 0.15) is 5.54 Å². The number of amides is 2. The van der Waals surface area contributed by atoms with Gasteiger partial charge in [0.15, 0.2) is 0 Å². The van der Waals surface area contributed by atoms with Crippen molar-refractivity contribution in [2.24, 2.45) is 11.8 Å². The molecule has 39 heavy (non-hydrogen) atoms. The lowest BCUT2D eigenvalue weighted by Gasteiger charge is -2.36. The molecule has 3 aliphatic heterocycles. The molecule has 8 nitrogen and oxygen atoms in total. The van der Waals surface area contributed by atoms with Crippen LogP contribution < -0.4 is 0 Å². The van der Waals surface area contributed by atoms with Crippen LogP contribution in [0.5, 0.6) is 0 Å².